The number of amides is 1. The van der Waals surface area contributed by atoms with Crippen LogP contribution in [0.3, 0.4) is 0 Å². The smallest absolute Gasteiger partial charge is 0.354 e. The van der Waals surface area contributed by atoms with E-state index >= 15 is 0 Å². The van der Waals surface area contributed by atoms with Gasteiger partial charge in [0.05, 0.1) is 15.5 Å². The number of nitro groups is 1. The van der Waals surface area contributed by atoms with E-state index in [1.165, 1.54) is 12.7 Å². The van der Waals surface area contributed by atoms with Crippen LogP contribution in [-0.4, -0.2) is 26.8 Å². The lowest BCUT2D eigenvalue weighted by atomic mass is 9.95. The molecule has 9 nitrogen and oxygen atoms in total. The van der Waals surface area contributed by atoms with Crippen molar-refractivity contribution in [2.75, 3.05) is 10.7 Å². The van der Waals surface area contributed by atoms with Gasteiger partial charge < -0.3 is 5.32 Å². The van der Waals surface area contributed by atoms with E-state index in [1.807, 2.05) is 0 Å². The summed E-state index contributed by atoms with van der Waals surface area (Å²) in [4.78, 5) is 31.1. The lowest BCUT2D eigenvalue weighted by Gasteiger charge is -2.23. The van der Waals surface area contributed by atoms with Gasteiger partial charge in [-0.05, 0) is 25.0 Å². The number of benzene rings is 1. The fraction of sp³-hybridized carbons (Fsp3) is 0.353. The first-order chi connectivity index (χ1) is 13.1. The molecule has 2 aromatic rings. The molecule has 3 N–H and O–H groups in total. The van der Waals surface area contributed by atoms with Gasteiger partial charge in [0.1, 0.15) is 6.33 Å². The second-order valence-electron chi connectivity index (χ2n) is 6.21. The second-order valence-corrected chi connectivity index (χ2v) is 6.62. The van der Waals surface area contributed by atoms with Crippen LogP contribution in [0.15, 0.2) is 30.6 Å². The molecule has 142 valence electrons. The molecule has 27 heavy (non-hydrogen) atoms. The zero-order valence-electron chi connectivity index (χ0n) is 14.4. The third kappa shape index (κ3) is 4.62. The highest BCUT2D eigenvalue weighted by Gasteiger charge is 2.26. The molecule has 0 radical (unpaired) electrons. The predicted octanol–water partition coefficient (Wildman–Crippen LogP) is 3.54. The standard InChI is InChI=1S/C17H19ClN6O3/c18-13-9-5-4-8-12(13)17(25)23-22-16-14(24(26)27)15(19-10-20-16)21-11-6-2-1-3-7-11/h4-5,8-11H,1-3,6-7H2,(H,23,25)(H2,19,20,21,22). The van der Waals surface area contributed by atoms with Crippen molar-refractivity contribution in [3.63, 3.8) is 0 Å². The number of carbonyl (C=O) groups excluding carboxylic acids is 1. The summed E-state index contributed by atoms with van der Waals surface area (Å²) < 4.78 is 0. The predicted molar refractivity (Wildman–Crippen MR) is 102 cm³/mol. The summed E-state index contributed by atoms with van der Waals surface area (Å²) in [5.74, 6) is -0.500. The summed E-state index contributed by atoms with van der Waals surface area (Å²) in [6.45, 7) is 0. The SMILES string of the molecule is O=C(NNc1ncnc(NC2CCCCC2)c1[N+](=O)[O-])c1ccccc1Cl. The van der Waals surface area contributed by atoms with E-state index in [4.69, 9.17) is 11.6 Å². The van der Waals surface area contributed by atoms with Crippen LogP contribution in [0.1, 0.15) is 42.5 Å². The van der Waals surface area contributed by atoms with Crippen molar-refractivity contribution in [1.82, 2.24) is 15.4 Å². The molecule has 1 fully saturated rings. The topological polar surface area (TPSA) is 122 Å². The zero-order valence-corrected chi connectivity index (χ0v) is 15.2. The van der Waals surface area contributed by atoms with Crippen molar-refractivity contribution in [2.24, 2.45) is 0 Å². The van der Waals surface area contributed by atoms with Crippen LogP contribution < -0.4 is 16.2 Å². The molecule has 0 atom stereocenters. The van der Waals surface area contributed by atoms with Crippen LogP contribution in [0.2, 0.25) is 5.02 Å². The maximum Gasteiger partial charge on any atom is 0.354 e. The Balaban J connectivity index is 1.76. The Morgan fingerprint density at radius 1 is 1.15 bits per heavy atom. The lowest BCUT2D eigenvalue weighted by Crippen LogP contribution is -2.31. The average molecular weight is 391 g/mol. The Morgan fingerprint density at radius 3 is 2.56 bits per heavy atom. The largest absolute Gasteiger partial charge is 0.361 e. The minimum absolute atomic E-state index is 0.103. The summed E-state index contributed by atoms with van der Waals surface area (Å²) in [7, 11) is 0. The maximum absolute atomic E-state index is 12.2. The summed E-state index contributed by atoms with van der Waals surface area (Å²) in [6, 6.07) is 6.63. The Kier molecular flexibility index (Phi) is 6.02. The molecule has 1 saturated carbocycles. The van der Waals surface area contributed by atoms with Crippen molar-refractivity contribution >= 4 is 34.8 Å². The first-order valence-electron chi connectivity index (χ1n) is 8.63. The molecule has 3 rings (SSSR count). The van der Waals surface area contributed by atoms with Crippen molar-refractivity contribution in [3.8, 4) is 0 Å². The monoisotopic (exact) mass is 390 g/mol. The van der Waals surface area contributed by atoms with Gasteiger partial charge in [-0.25, -0.2) is 9.97 Å². The van der Waals surface area contributed by atoms with E-state index in [2.05, 4.69) is 26.1 Å². The summed E-state index contributed by atoms with van der Waals surface area (Å²) >= 11 is 5.98. The molecule has 1 aromatic heterocycles. The first-order valence-corrected chi connectivity index (χ1v) is 9.01. The number of carbonyl (C=O) groups is 1. The van der Waals surface area contributed by atoms with Gasteiger partial charge in [0, 0.05) is 6.04 Å². The van der Waals surface area contributed by atoms with Gasteiger partial charge in [-0.1, -0.05) is 43.0 Å². The van der Waals surface area contributed by atoms with Gasteiger partial charge in [0.2, 0.25) is 11.6 Å². The summed E-state index contributed by atoms with van der Waals surface area (Å²) in [5, 5.41) is 15.0. The number of hydrogen-bond donors (Lipinski definition) is 3. The van der Waals surface area contributed by atoms with E-state index in [1.54, 1.807) is 24.3 Å². The highest BCUT2D eigenvalue weighted by molar-refractivity contribution is 6.33. The van der Waals surface area contributed by atoms with Crippen molar-refractivity contribution in [3.05, 3.63) is 51.3 Å². The van der Waals surface area contributed by atoms with Crippen molar-refractivity contribution < 1.29 is 9.72 Å². The third-order valence-electron chi connectivity index (χ3n) is 4.36. The number of rotatable bonds is 6. The summed E-state index contributed by atoms with van der Waals surface area (Å²) in [5.41, 5.74) is 4.82. The molecule has 0 unspecified atom stereocenters. The van der Waals surface area contributed by atoms with Crippen LogP contribution in [-0.2, 0) is 0 Å². The van der Waals surface area contributed by atoms with Crippen molar-refractivity contribution in [2.45, 2.75) is 38.1 Å². The van der Waals surface area contributed by atoms with Gasteiger partial charge >= 0.3 is 5.69 Å². The Bertz CT molecular complexity index is 841. The number of aromatic nitrogens is 2. The first kappa shape index (κ1) is 18.8. The highest BCUT2D eigenvalue weighted by Crippen LogP contribution is 2.31. The number of nitrogens with zero attached hydrogens (tertiary/aromatic N) is 3. The van der Waals surface area contributed by atoms with E-state index < -0.39 is 10.8 Å². The molecule has 0 bridgehead atoms. The van der Waals surface area contributed by atoms with Crippen LogP contribution in [0, 0.1) is 10.1 Å². The molecular weight excluding hydrogens is 372 g/mol. The Hall–Kier alpha value is -2.94. The van der Waals surface area contributed by atoms with Crippen LogP contribution in [0.4, 0.5) is 17.3 Å². The highest BCUT2D eigenvalue weighted by atomic mass is 35.5. The van der Waals surface area contributed by atoms with Gasteiger partial charge in [0.15, 0.2) is 0 Å². The Labute approximate surface area is 160 Å². The second kappa shape index (κ2) is 8.63. The minimum atomic E-state index is -0.574. The molecule has 1 heterocycles. The molecule has 0 aliphatic heterocycles. The molecule has 10 heteroatoms. The lowest BCUT2D eigenvalue weighted by molar-refractivity contribution is -0.383. The van der Waals surface area contributed by atoms with E-state index in [-0.39, 0.29) is 34.0 Å². The average Bonchev–Trinajstić information content (AvgIpc) is 2.67. The normalized spacial score (nSPS) is 14.4. The molecule has 1 aliphatic rings. The summed E-state index contributed by atoms with van der Waals surface area (Å²) in [6.07, 6.45) is 6.42. The molecule has 1 aliphatic carbocycles. The molecule has 1 aromatic carbocycles. The fourth-order valence-corrected chi connectivity index (χ4v) is 3.24. The quantitative estimate of drug-likeness (QED) is 0.509. The van der Waals surface area contributed by atoms with Gasteiger partial charge in [-0.15, -0.1) is 0 Å². The zero-order chi connectivity index (χ0) is 19.2. The van der Waals surface area contributed by atoms with Crippen LogP contribution in [0.25, 0.3) is 0 Å². The number of hydrogen-bond acceptors (Lipinski definition) is 7. The number of hydrazine groups is 1. The molecule has 0 saturated heterocycles. The van der Waals surface area contributed by atoms with Crippen LogP contribution in [0.5, 0.6) is 0 Å². The molecule has 1 amide bonds. The van der Waals surface area contributed by atoms with Crippen molar-refractivity contribution in [1.29, 1.82) is 0 Å². The number of halogens is 1. The van der Waals surface area contributed by atoms with E-state index in [9.17, 15) is 14.9 Å². The van der Waals surface area contributed by atoms with Gasteiger partial charge in [0.25, 0.3) is 5.91 Å². The van der Waals surface area contributed by atoms with Gasteiger partial charge in [-0.2, -0.15) is 0 Å². The minimum Gasteiger partial charge on any atom is -0.361 e. The maximum atomic E-state index is 12.2. The van der Waals surface area contributed by atoms with Crippen LogP contribution >= 0.6 is 11.6 Å². The Morgan fingerprint density at radius 2 is 1.85 bits per heavy atom. The van der Waals surface area contributed by atoms with E-state index in [0.29, 0.717) is 0 Å². The fourth-order valence-electron chi connectivity index (χ4n) is 3.02. The molecule has 0 spiro atoms. The number of nitrogens with one attached hydrogen (secondary N) is 3. The van der Waals surface area contributed by atoms with E-state index in [0.717, 1.165) is 25.7 Å². The molecular formula is C17H19ClN6O3. The number of anilines is 2. The third-order valence-corrected chi connectivity index (χ3v) is 4.69. The van der Waals surface area contributed by atoms with Gasteiger partial charge in [-0.3, -0.25) is 25.8 Å².